The van der Waals surface area contributed by atoms with E-state index >= 15 is 0 Å². The number of hydrogen-bond acceptors (Lipinski definition) is 0. The van der Waals surface area contributed by atoms with Crippen LogP contribution in [-0.2, 0) is 13.1 Å². The molecule has 0 aliphatic rings. The van der Waals surface area contributed by atoms with Crippen molar-refractivity contribution in [3.05, 3.63) is 193 Å². The van der Waals surface area contributed by atoms with Crippen molar-refractivity contribution >= 4 is 69.2 Å². The summed E-state index contributed by atoms with van der Waals surface area (Å²) >= 11 is 0. The lowest BCUT2D eigenvalue weighted by atomic mass is 9.90. The second-order valence-corrected chi connectivity index (χ2v) is 16.8. The molecule has 0 radical (unpaired) electrons. The van der Waals surface area contributed by atoms with Crippen LogP contribution in [0.15, 0.2) is 182 Å². The lowest BCUT2D eigenvalue weighted by Crippen LogP contribution is -2.48. The summed E-state index contributed by atoms with van der Waals surface area (Å²) in [5, 5.41) is 13.2. The van der Waals surface area contributed by atoms with E-state index in [1.54, 1.807) is 0 Å². The molecule has 2 nitrogen and oxygen atoms in total. The van der Waals surface area contributed by atoms with Crippen molar-refractivity contribution in [3.63, 3.8) is 0 Å². The minimum atomic E-state index is -0.925. The molecule has 0 bridgehead atoms. The Balaban J connectivity index is 1.59. The molecular formula is C46H40N2P2+2. The lowest BCUT2D eigenvalue weighted by molar-refractivity contribution is -0.386. The highest BCUT2D eigenvalue weighted by Gasteiger charge is 2.30. The topological polar surface area (TPSA) is 55.3 Å². The summed E-state index contributed by atoms with van der Waals surface area (Å²) in [6.45, 7) is 1.44. The maximum Gasteiger partial charge on any atom is 0.100 e. The first-order chi connectivity index (χ1) is 24.8. The molecule has 0 atom stereocenters. The average Bonchev–Trinajstić information content (AvgIpc) is 3.19. The Kier molecular flexibility index (Phi) is 9.36. The van der Waals surface area contributed by atoms with Crippen LogP contribution in [0, 0.1) is 0 Å². The molecule has 8 aromatic rings. The highest BCUT2D eigenvalue weighted by atomic mass is 31.1. The summed E-state index contributed by atoms with van der Waals surface area (Å²) in [5.74, 6) is 0. The quantitative estimate of drug-likeness (QED) is 0.160. The fourth-order valence-electron chi connectivity index (χ4n) is 7.32. The Bertz CT molecular complexity index is 2140. The average molecular weight is 683 g/mol. The molecule has 0 aromatic heterocycles. The van der Waals surface area contributed by atoms with Crippen molar-refractivity contribution < 1.29 is 11.5 Å². The predicted molar refractivity (Wildman–Crippen MR) is 217 cm³/mol. The van der Waals surface area contributed by atoms with Gasteiger partial charge in [-0.05, 0) is 92.5 Å². The molecule has 0 aliphatic heterocycles. The minimum Gasteiger partial charge on any atom is -0.354 e. The van der Waals surface area contributed by atoms with Crippen molar-refractivity contribution in [2.45, 2.75) is 13.1 Å². The summed E-state index contributed by atoms with van der Waals surface area (Å²) < 4.78 is 0. The summed E-state index contributed by atoms with van der Waals surface area (Å²) in [7, 11) is -1.85. The molecule has 6 N–H and O–H groups in total. The van der Waals surface area contributed by atoms with E-state index in [2.05, 4.69) is 193 Å². The van der Waals surface area contributed by atoms with E-state index in [1.807, 2.05) is 0 Å². The summed E-state index contributed by atoms with van der Waals surface area (Å²) in [6, 6.07) is 67.5. The van der Waals surface area contributed by atoms with E-state index in [1.165, 1.54) is 75.6 Å². The Morgan fingerprint density at radius 2 is 0.580 bits per heavy atom. The second kappa shape index (κ2) is 14.5. The summed E-state index contributed by atoms with van der Waals surface area (Å²) in [5.41, 5.74) is 14.1. The normalized spacial score (nSPS) is 11.5. The van der Waals surface area contributed by atoms with Gasteiger partial charge in [0.2, 0.25) is 0 Å². The molecule has 0 fully saturated rings. The van der Waals surface area contributed by atoms with Crippen LogP contribution in [0.25, 0.3) is 32.7 Å². The molecule has 242 valence electrons. The van der Waals surface area contributed by atoms with Gasteiger partial charge in [-0.15, -0.1) is 0 Å². The Morgan fingerprint density at radius 1 is 0.320 bits per heavy atom. The third-order valence-electron chi connectivity index (χ3n) is 9.55. The smallest absolute Gasteiger partial charge is 0.100 e. The van der Waals surface area contributed by atoms with Crippen molar-refractivity contribution in [2.75, 3.05) is 0 Å². The fraction of sp³-hybridized carbons (Fsp3) is 0.0435. The van der Waals surface area contributed by atoms with Crippen LogP contribution in [0.3, 0.4) is 0 Å². The Hall–Kier alpha value is -4.94. The van der Waals surface area contributed by atoms with Gasteiger partial charge >= 0.3 is 0 Å². The standard InChI is InChI=1S/C46H38N2P2/c47-31-33-29-43(49(35-17-5-1-6-18-35)36-19-7-2-8-20-36)45(41-27-15-13-25-39(33)41)46-42-28-16-14-26-40(42)34(32-48)30-44(46)50(37-21-9-3-10-22-37)38-23-11-4-12-24-38/h1-30H,31-32,47-48H2/p+2. The SMILES string of the molecule is [NH3+]Cc1cc(P(c2ccccc2)c2ccccc2)c(-c2c(P(c3ccccc3)c3ccccc3)cc(C[NH3+])c3ccccc23)c2ccccc12. The Labute approximate surface area is 296 Å². The highest BCUT2D eigenvalue weighted by Crippen LogP contribution is 2.46. The molecule has 4 heteroatoms. The molecule has 0 aliphatic carbocycles. The van der Waals surface area contributed by atoms with Gasteiger partial charge in [-0.3, -0.25) is 0 Å². The van der Waals surface area contributed by atoms with E-state index in [4.69, 9.17) is 0 Å². The van der Waals surface area contributed by atoms with Gasteiger partial charge in [0, 0.05) is 11.1 Å². The maximum atomic E-state index is 4.46. The van der Waals surface area contributed by atoms with Crippen LogP contribution >= 0.6 is 15.8 Å². The molecule has 50 heavy (non-hydrogen) atoms. The largest absolute Gasteiger partial charge is 0.354 e. The van der Waals surface area contributed by atoms with E-state index in [0.29, 0.717) is 0 Å². The number of hydrogen-bond donors (Lipinski definition) is 2. The third kappa shape index (κ3) is 5.96. The van der Waals surface area contributed by atoms with E-state index in [9.17, 15) is 0 Å². The van der Waals surface area contributed by atoms with Crippen LogP contribution in [0.5, 0.6) is 0 Å². The molecule has 0 saturated heterocycles. The zero-order valence-corrected chi connectivity index (χ0v) is 29.8. The van der Waals surface area contributed by atoms with E-state index in [-0.39, 0.29) is 0 Å². The van der Waals surface area contributed by atoms with Crippen LogP contribution in [0.2, 0.25) is 0 Å². The Morgan fingerprint density at radius 3 is 0.860 bits per heavy atom. The van der Waals surface area contributed by atoms with Gasteiger partial charge < -0.3 is 11.5 Å². The van der Waals surface area contributed by atoms with Gasteiger partial charge in [0.15, 0.2) is 0 Å². The third-order valence-corrected chi connectivity index (χ3v) is 14.5. The van der Waals surface area contributed by atoms with Gasteiger partial charge in [0.1, 0.15) is 13.1 Å². The first kappa shape index (κ1) is 32.3. The molecule has 8 rings (SSSR count). The predicted octanol–water partition coefficient (Wildman–Crippen LogP) is 6.66. The molecule has 0 spiro atoms. The fourth-order valence-corrected chi connectivity index (χ4v) is 12.4. The van der Waals surface area contributed by atoms with Crippen LogP contribution < -0.4 is 43.3 Å². The first-order valence-corrected chi connectivity index (χ1v) is 19.9. The number of rotatable bonds is 9. The van der Waals surface area contributed by atoms with Crippen LogP contribution in [0.1, 0.15) is 11.1 Å². The van der Waals surface area contributed by atoms with Gasteiger partial charge in [0.25, 0.3) is 0 Å². The minimum absolute atomic E-state index is 0.718. The number of quaternary nitrogens is 2. The van der Waals surface area contributed by atoms with Crippen molar-refractivity contribution in [1.29, 1.82) is 0 Å². The molecular weight excluding hydrogens is 642 g/mol. The molecule has 0 heterocycles. The van der Waals surface area contributed by atoms with E-state index < -0.39 is 15.8 Å². The van der Waals surface area contributed by atoms with Gasteiger partial charge in [-0.25, -0.2) is 0 Å². The van der Waals surface area contributed by atoms with Crippen molar-refractivity contribution in [3.8, 4) is 11.1 Å². The van der Waals surface area contributed by atoms with E-state index in [0.717, 1.165) is 13.1 Å². The number of fused-ring (bicyclic) bond motifs is 2. The molecule has 8 aromatic carbocycles. The van der Waals surface area contributed by atoms with Gasteiger partial charge in [-0.2, -0.15) is 0 Å². The molecule has 0 unspecified atom stereocenters. The zero-order valence-electron chi connectivity index (χ0n) is 28.0. The first-order valence-electron chi connectivity index (χ1n) is 17.3. The maximum absolute atomic E-state index is 4.46. The monoisotopic (exact) mass is 682 g/mol. The number of benzene rings is 8. The zero-order chi connectivity index (χ0) is 33.9. The van der Waals surface area contributed by atoms with Crippen LogP contribution in [-0.4, -0.2) is 0 Å². The van der Waals surface area contributed by atoms with Gasteiger partial charge in [0.05, 0.1) is 0 Å². The van der Waals surface area contributed by atoms with Crippen LogP contribution in [0.4, 0.5) is 0 Å². The second-order valence-electron chi connectivity index (χ2n) is 12.5. The summed E-state index contributed by atoms with van der Waals surface area (Å²) in [6.07, 6.45) is 0. The van der Waals surface area contributed by atoms with Gasteiger partial charge in [-0.1, -0.05) is 170 Å². The van der Waals surface area contributed by atoms with Crippen molar-refractivity contribution in [1.82, 2.24) is 0 Å². The summed E-state index contributed by atoms with van der Waals surface area (Å²) in [4.78, 5) is 0. The molecule has 0 saturated carbocycles. The molecule has 0 amide bonds. The highest BCUT2D eigenvalue weighted by molar-refractivity contribution is 7.80. The van der Waals surface area contributed by atoms with Crippen molar-refractivity contribution in [2.24, 2.45) is 0 Å². The lowest BCUT2D eigenvalue weighted by Gasteiger charge is -2.29.